The summed E-state index contributed by atoms with van der Waals surface area (Å²) < 4.78 is 0. The minimum absolute atomic E-state index is 0.0944. The van der Waals surface area contributed by atoms with Crippen LogP contribution in [0.15, 0.2) is 52.0 Å². The van der Waals surface area contributed by atoms with E-state index in [1.54, 1.807) is 11.3 Å². The van der Waals surface area contributed by atoms with Gasteiger partial charge >= 0.3 is 0 Å². The van der Waals surface area contributed by atoms with E-state index in [-0.39, 0.29) is 5.56 Å². The first-order chi connectivity index (χ1) is 13.7. The van der Waals surface area contributed by atoms with Crippen molar-refractivity contribution >= 4 is 44.5 Å². The van der Waals surface area contributed by atoms with E-state index in [9.17, 15) is 4.79 Å². The number of hydrogen-bond donors (Lipinski definition) is 1. The van der Waals surface area contributed by atoms with Gasteiger partial charge in [-0.1, -0.05) is 35.9 Å². The van der Waals surface area contributed by atoms with Gasteiger partial charge in [0.1, 0.15) is 10.7 Å². The number of aromatic amines is 1. The summed E-state index contributed by atoms with van der Waals surface area (Å²) >= 11 is 9.64. The molecule has 0 spiro atoms. The molecule has 28 heavy (non-hydrogen) atoms. The normalized spacial score (nSPS) is 17.5. The second-order valence-corrected chi connectivity index (χ2v) is 9.21. The van der Waals surface area contributed by atoms with Crippen LogP contribution in [-0.4, -0.2) is 21.4 Å². The number of thiophene rings is 2. The molecular weight excluding hydrogens is 410 g/mol. The molecule has 3 aromatic heterocycles. The Kier molecular flexibility index (Phi) is 4.80. The van der Waals surface area contributed by atoms with E-state index in [2.05, 4.69) is 27.4 Å². The lowest BCUT2D eigenvalue weighted by molar-refractivity contribution is 0.245. The highest BCUT2D eigenvalue weighted by molar-refractivity contribution is 7.17. The Balaban J connectivity index is 1.49. The van der Waals surface area contributed by atoms with Crippen molar-refractivity contribution in [2.75, 3.05) is 6.54 Å². The van der Waals surface area contributed by atoms with Crippen LogP contribution in [0, 0.1) is 0 Å². The van der Waals surface area contributed by atoms with Gasteiger partial charge in [-0.05, 0) is 36.9 Å². The molecule has 4 heterocycles. The van der Waals surface area contributed by atoms with Gasteiger partial charge in [-0.2, -0.15) is 0 Å². The topological polar surface area (TPSA) is 49.0 Å². The van der Waals surface area contributed by atoms with Gasteiger partial charge in [0, 0.05) is 32.4 Å². The van der Waals surface area contributed by atoms with Gasteiger partial charge in [0.2, 0.25) is 0 Å². The van der Waals surface area contributed by atoms with Crippen molar-refractivity contribution in [3.8, 4) is 11.1 Å². The number of likely N-dealkylation sites (tertiary alicyclic amines) is 1. The number of nitrogens with zero attached hydrogens (tertiary/aromatic N) is 2. The molecule has 0 bridgehead atoms. The second-order valence-electron chi connectivity index (χ2n) is 6.97. The SMILES string of the molecule is O=c1[nH]c(CN2CCC[C@@H]2c2cccs2)nc2scc(-c3ccccc3Cl)c12. The average Bonchev–Trinajstić information content (AvgIpc) is 3.42. The van der Waals surface area contributed by atoms with Gasteiger partial charge < -0.3 is 4.98 Å². The van der Waals surface area contributed by atoms with Gasteiger partial charge in [0.15, 0.2) is 0 Å². The van der Waals surface area contributed by atoms with Crippen LogP contribution in [0.2, 0.25) is 5.02 Å². The number of H-pyrrole nitrogens is 1. The van der Waals surface area contributed by atoms with Gasteiger partial charge in [-0.15, -0.1) is 22.7 Å². The van der Waals surface area contributed by atoms with Gasteiger partial charge in [-0.3, -0.25) is 9.69 Å². The third kappa shape index (κ3) is 3.20. The van der Waals surface area contributed by atoms with Crippen molar-refractivity contribution in [1.82, 2.24) is 14.9 Å². The third-order valence-electron chi connectivity index (χ3n) is 5.25. The minimum atomic E-state index is -0.0944. The third-order valence-corrected chi connectivity index (χ3v) is 7.42. The fraction of sp³-hybridized carbons (Fsp3) is 0.238. The lowest BCUT2D eigenvalue weighted by atomic mass is 10.1. The van der Waals surface area contributed by atoms with Crippen molar-refractivity contribution in [2.45, 2.75) is 25.4 Å². The predicted molar refractivity (Wildman–Crippen MR) is 117 cm³/mol. The molecule has 1 saturated heterocycles. The highest BCUT2D eigenvalue weighted by Crippen LogP contribution is 2.37. The maximum atomic E-state index is 12.9. The summed E-state index contributed by atoms with van der Waals surface area (Å²) in [6, 6.07) is 12.3. The van der Waals surface area contributed by atoms with Gasteiger partial charge in [-0.25, -0.2) is 4.98 Å². The zero-order chi connectivity index (χ0) is 19.1. The number of nitrogens with one attached hydrogen (secondary N) is 1. The second kappa shape index (κ2) is 7.44. The van der Waals surface area contributed by atoms with E-state index in [0.717, 1.165) is 34.7 Å². The van der Waals surface area contributed by atoms with E-state index in [4.69, 9.17) is 16.6 Å². The van der Waals surface area contributed by atoms with Gasteiger partial charge in [0.05, 0.1) is 11.9 Å². The smallest absolute Gasteiger partial charge is 0.260 e. The van der Waals surface area contributed by atoms with Crippen LogP contribution in [0.1, 0.15) is 29.6 Å². The summed E-state index contributed by atoms with van der Waals surface area (Å²) in [6.07, 6.45) is 2.33. The summed E-state index contributed by atoms with van der Waals surface area (Å²) in [7, 11) is 0. The van der Waals surface area contributed by atoms with Crippen molar-refractivity contribution in [2.24, 2.45) is 0 Å². The molecule has 1 atom stereocenters. The Labute approximate surface area is 175 Å². The fourth-order valence-corrected chi connectivity index (χ4v) is 6.05. The number of aromatic nitrogens is 2. The minimum Gasteiger partial charge on any atom is -0.309 e. The molecule has 4 aromatic rings. The summed E-state index contributed by atoms with van der Waals surface area (Å²) in [4.78, 5) is 25.3. The van der Waals surface area contributed by atoms with E-state index >= 15 is 0 Å². The monoisotopic (exact) mass is 427 g/mol. The van der Waals surface area contributed by atoms with Crippen LogP contribution in [0.4, 0.5) is 0 Å². The number of fused-ring (bicyclic) bond motifs is 1. The number of benzene rings is 1. The molecule has 142 valence electrons. The largest absolute Gasteiger partial charge is 0.309 e. The summed E-state index contributed by atoms with van der Waals surface area (Å²) in [5.41, 5.74) is 1.62. The molecule has 0 saturated carbocycles. The molecule has 0 unspecified atom stereocenters. The van der Waals surface area contributed by atoms with E-state index < -0.39 is 0 Å². The molecule has 1 aliphatic heterocycles. The summed E-state index contributed by atoms with van der Waals surface area (Å²) in [6.45, 7) is 1.69. The fourth-order valence-electron chi connectivity index (χ4n) is 3.96. The van der Waals surface area contributed by atoms with Crippen molar-refractivity contribution in [3.05, 3.63) is 73.2 Å². The lowest BCUT2D eigenvalue weighted by Crippen LogP contribution is -2.25. The number of halogens is 1. The molecule has 1 N–H and O–H groups in total. The first-order valence-electron chi connectivity index (χ1n) is 9.23. The van der Waals surface area contributed by atoms with Crippen LogP contribution in [-0.2, 0) is 6.54 Å². The molecule has 1 aromatic carbocycles. The highest BCUT2D eigenvalue weighted by atomic mass is 35.5. The van der Waals surface area contributed by atoms with Gasteiger partial charge in [0.25, 0.3) is 5.56 Å². The Morgan fingerprint density at radius 1 is 1.18 bits per heavy atom. The molecule has 0 radical (unpaired) electrons. The summed E-state index contributed by atoms with van der Waals surface area (Å²) in [5, 5.41) is 5.36. The molecule has 4 nitrogen and oxygen atoms in total. The van der Waals surface area contributed by atoms with Crippen molar-refractivity contribution in [1.29, 1.82) is 0 Å². The van der Waals surface area contributed by atoms with Crippen LogP contribution in [0.25, 0.3) is 21.3 Å². The van der Waals surface area contributed by atoms with Crippen LogP contribution >= 0.6 is 34.3 Å². The van der Waals surface area contributed by atoms with E-state index in [1.807, 2.05) is 29.6 Å². The molecule has 1 aliphatic rings. The first-order valence-corrected chi connectivity index (χ1v) is 11.4. The van der Waals surface area contributed by atoms with Crippen molar-refractivity contribution in [3.63, 3.8) is 0 Å². The Bertz CT molecular complexity index is 1180. The molecule has 1 fully saturated rings. The molecule has 0 amide bonds. The quantitative estimate of drug-likeness (QED) is 0.454. The molecular formula is C21H18ClN3OS2. The maximum absolute atomic E-state index is 12.9. The zero-order valence-electron chi connectivity index (χ0n) is 15.0. The van der Waals surface area contributed by atoms with E-state index in [0.29, 0.717) is 23.0 Å². The predicted octanol–water partition coefficient (Wildman–Crippen LogP) is 5.70. The first kappa shape index (κ1) is 18.1. The van der Waals surface area contributed by atoms with Crippen molar-refractivity contribution < 1.29 is 0 Å². The molecule has 7 heteroatoms. The van der Waals surface area contributed by atoms with Crippen LogP contribution < -0.4 is 5.56 Å². The lowest BCUT2D eigenvalue weighted by Gasteiger charge is -2.22. The zero-order valence-corrected chi connectivity index (χ0v) is 17.4. The Morgan fingerprint density at radius 2 is 2.07 bits per heavy atom. The average molecular weight is 428 g/mol. The number of hydrogen-bond acceptors (Lipinski definition) is 5. The Morgan fingerprint density at radius 3 is 2.89 bits per heavy atom. The maximum Gasteiger partial charge on any atom is 0.260 e. The van der Waals surface area contributed by atoms with Crippen LogP contribution in [0.3, 0.4) is 0 Å². The highest BCUT2D eigenvalue weighted by Gasteiger charge is 2.27. The molecule has 0 aliphatic carbocycles. The van der Waals surface area contributed by atoms with E-state index in [1.165, 1.54) is 22.6 Å². The summed E-state index contributed by atoms with van der Waals surface area (Å²) in [5.74, 6) is 0.730. The Hall–Kier alpha value is -1.99. The van der Waals surface area contributed by atoms with Crippen LogP contribution in [0.5, 0.6) is 0 Å². The standard InChI is InChI=1S/C21H18ClN3OS2/c22-15-6-2-1-5-13(15)14-12-28-21-19(14)20(26)23-18(24-21)11-25-9-3-7-16(25)17-8-4-10-27-17/h1-2,4-6,8,10,12,16H,3,7,9,11H2,(H,23,24,26)/t16-/m1/s1. The molecule has 5 rings (SSSR count). The number of rotatable bonds is 4.